The zero-order valence-electron chi connectivity index (χ0n) is 10.1. The minimum Gasteiger partial charge on any atom is -0.370 e. The Labute approximate surface area is 106 Å². The van der Waals surface area contributed by atoms with Crippen molar-refractivity contribution in [1.29, 1.82) is 0 Å². The van der Waals surface area contributed by atoms with Crippen molar-refractivity contribution in [3.05, 3.63) is 42.0 Å². The van der Waals surface area contributed by atoms with Crippen LogP contribution in [0.1, 0.15) is 12.5 Å². The van der Waals surface area contributed by atoms with Gasteiger partial charge >= 0.3 is 5.97 Å². The van der Waals surface area contributed by atoms with Gasteiger partial charge in [0.05, 0.1) is 4.90 Å². The Hall–Kier alpha value is -1.70. The van der Waals surface area contributed by atoms with Crippen molar-refractivity contribution >= 4 is 16.1 Å². The smallest absolute Gasteiger partial charge is 0.351 e. The number of carbonyl (C=O) groups excluding carboxylic acids is 1. The molecule has 3 N–H and O–H groups in total. The van der Waals surface area contributed by atoms with Crippen molar-refractivity contribution in [2.24, 2.45) is 5.90 Å². The first kappa shape index (κ1) is 16.3. The van der Waals surface area contributed by atoms with E-state index in [2.05, 4.69) is 17.3 Å². The van der Waals surface area contributed by atoms with Crippen LogP contribution < -0.4 is 5.90 Å². The number of nitrogens with two attached hydrogens (primary N) is 1. The SMILES string of the molecule is C=C(C)C(=O)ON.Cc1ccc(S(=O)(=O)O)cc1. The fourth-order valence-electron chi connectivity index (χ4n) is 0.811. The lowest BCUT2D eigenvalue weighted by Crippen LogP contribution is -2.09. The van der Waals surface area contributed by atoms with Crippen molar-refractivity contribution in [2.45, 2.75) is 18.7 Å². The Bertz CT molecular complexity index is 519. The van der Waals surface area contributed by atoms with Crippen LogP contribution in [0.5, 0.6) is 0 Å². The third-order valence-corrected chi connectivity index (χ3v) is 2.64. The maximum Gasteiger partial charge on any atom is 0.351 e. The first-order chi connectivity index (χ1) is 8.18. The van der Waals surface area contributed by atoms with E-state index < -0.39 is 16.1 Å². The molecule has 0 saturated carbocycles. The van der Waals surface area contributed by atoms with Crippen molar-refractivity contribution in [2.75, 3.05) is 0 Å². The second-order valence-electron chi connectivity index (χ2n) is 3.47. The van der Waals surface area contributed by atoms with Crippen LogP contribution >= 0.6 is 0 Å². The molecule has 6 nitrogen and oxygen atoms in total. The topological polar surface area (TPSA) is 107 Å². The van der Waals surface area contributed by atoms with Gasteiger partial charge in [0.15, 0.2) is 0 Å². The van der Waals surface area contributed by atoms with E-state index in [1.54, 1.807) is 12.1 Å². The van der Waals surface area contributed by atoms with Gasteiger partial charge in [0.2, 0.25) is 0 Å². The predicted molar refractivity (Wildman–Crippen MR) is 66.1 cm³/mol. The Morgan fingerprint density at radius 3 is 2.00 bits per heavy atom. The fraction of sp³-hybridized carbons (Fsp3) is 0.182. The molecule has 0 heterocycles. The molecule has 18 heavy (non-hydrogen) atoms. The van der Waals surface area contributed by atoms with Crippen LogP contribution in [0.25, 0.3) is 0 Å². The van der Waals surface area contributed by atoms with Crippen LogP contribution in [0, 0.1) is 6.92 Å². The molecule has 0 aliphatic heterocycles. The summed E-state index contributed by atoms with van der Waals surface area (Å²) in [7, 11) is -4.02. The minimum atomic E-state index is -4.02. The van der Waals surface area contributed by atoms with Crippen molar-refractivity contribution in [1.82, 2.24) is 0 Å². The lowest BCUT2D eigenvalue weighted by atomic mass is 10.2. The molecule has 0 bridgehead atoms. The van der Waals surface area contributed by atoms with Gasteiger partial charge in [-0.25, -0.2) is 4.79 Å². The molecule has 1 aromatic rings. The van der Waals surface area contributed by atoms with Gasteiger partial charge in [-0.1, -0.05) is 24.3 Å². The molecule has 0 amide bonds. The molecule has 7 heteroatoms. The molecular formula is C11H15NO5S. The van der Waals surface area contributed by atoms with Crippen molar-refractivity contribution in [3.63, 3.8) is 0 Å². The number of hydrogen-bond donors (Lipinski definition) is 2. The molecule has 0 aromatic heterocycles. The normalized spacial score (nSPS) is 10.0. The van der Waals surface area contributed by atoms with Crippen LogP contribution in [0.2, 0.25) is 0 Å². The third kappa shape index (κ3) is 6.14. The van der Waals surface area contributed by atoms with Crippen LogP contribution in [-0.4, -0.2) is 18.9 Å². The van der Waals surface area contributed by atoms with Gasteiger partial charge in [-0.15, -0.1) is 0 Å². The maximum atomic E-state index is 10.5. The fourth-order valence-corrected chi connectivity index (χ4v) is 1.29. The van der Waals surface area contributed by atoms with E-state index in [-0.39, 0.29) is 4.90 Å². The first-order valence-corrected chi connectivity index (χ1v) is 6.23. The van der Waals surface area contributed by atoms with Gasteiger partial charge < -0.3 is 4.84 Å². The molecule has 100 valence electrons. The average Bonchev–Trinajstić information content (AvgIpc) is 2.28. The summed E-state index contributed by atoms with van der Waals surface area (Å²) in [5, 5.41) is 0. The summed E-state index contributed by atoms with van der Waals surface area (Å²) in [4.78, 5) is 13.8. The first-order valence-electron chi connectivity index (χ1n) is 4.79. The Balaban J connectivity index is 0.000000360. The van der Waals surface area contributed by atoms with Crippen LogP contribution in [-0.2, 0) is 19.8 Å². The Morgan fingerprint density at radius 2 is 1.78 bits per heavy atom. The maximum absolute atomic E-state index is 10.5. The molecular weight excluding hydrogens is 258 g/mol. The molecule has 1 aromatic carbocycles. The van der Waals surface area contributed by atoms with E-state index in [1.807, 2.05) is 6.92 Å². The highest BCUT2D eigenvalue weighted by Gasteiger charge is 2.06. The molecule has 0 saturated heterocycles. The van der Waals surface area contributed by atoms with Gasteiger partial charge in [0.25, 0.3) is 10.1 Å². The van der Waals surface area contributed by atoms with Gasteiger partial charge in [0.1, 0.15) is 0 Å². The quantitative estimate of drug-likeness (QED) is 0.476. The molecule has 1 rings (SSSR count). The number of carbonyl (C=O) groups is 1. The Morgan fingerprint density at radius 1 is 1.33 bits per heavy atom. The van der Waals surface area contributed by atoms with Crippen molar-refractivity contribution in [3.8, 4) is 0 Å². The van der Waals surface area contributed by atoms with Crippen LogP contribution in [0.4, 0.5) is 0 Å². The third-order valence-electron chi connectivity index (χ3n) is 1.77. The van der Waals surface area contributed by atoms with E-state index in [4.69, 9.17) is 4.55 Å². The summed E-state index contributed by atoms with van der Waals surface area (Å²) in [6, 6.07) is 5.99. The average molecular weight is 273 g/mol. The summed E-state index contributed by atoms with van der Waals surface area (Å²) in [6.07, 6.45) is 0. The molecule has 0 aliphatic rings. The van der Waals surface area contributed by atoms with Crippen LogP contribution in [0.3, 0.4) is 0 Å². The number of rotatable bonds is 2. The lowest BCUT2D eigenvalue weighted by Gasteiger charge is -1.95. The summed E-state index contributed by atoms with van der Waals surface area (Å²) >= 11 is 0. The molecule has 0 fully saturated rings. The highest BCUT2D eigenvalue weighted by molar-refractivity contribution is 7.85. The highest BCUT2D eigenvalue weighted by atomic mass is 32.2. The van der Waals surface area contributed by atoms with Crippen molar-refractivity contribution < 1.29 is 22.6 Å². The standard InChI is InChI=1S/C7H8O3S.C4H7NO2/c1-6-2-4-7(5-3-6)11(8,9)10;1-3(2)4(6)7-5/h2-5H,1H3,(H,8,9,10);1,5H2,2H3. The number of aryl methyl sites for hydroxylation is 1. The highest BCUT2D eigenvalue weighted by Crippen LogP contribution is 2.08. The summed E-state index contributed by atoms with van der Waals surface area (Å²) in [5.41, 5.74) is 1.26. The van der Waals surface area contributed by atoms with Gasteiger partial charge in [-0.05, 0) is 26.0 Å². The van der Waals surface area contributed by atoms with Gasteiger partial charge in [-0.2, -0.15) is 14.3 Å². The Kier molecular flexibility index (Phi) is 6.24. The van der Waals surface area contributed by atoms with E-state index >= 15 is 0 Å². The monoisotopic (exact) mass is 273 g/mol. The second-order valence-corrected chi connectivity index (χ2v) is 4.90. The number of hydrogen-bond acceptors (Lipinski definition) is 5. The summed E-state index contributed by atoms with van der Waals surface area (Å²) in [6.45, 7) is 6.64. The molecule has 0 unspecified atom stereocenters. The molecule has 0 atom stereocenters. The van der Waals surface area contributed by atoms with E-state index in [1.165, 1.54) is 19.1 Å². The van der Waals surface area contributed by atoms with Gasteiger partial charge in [0, 0.05) is 5.57 Å². The molecule has 0 aliphatic carbocycles. The predicted octanol–water partition coefficient (Wildman–Crippen LogP) is 1.22. The lowest BCUT2D eigenvalue weighted by molar-refractivity contribution is -0.139. The largest absolute Gasteiger partial charge is 0.370 e. The summed E-state index contributed by atoms with van der Waals surface area (Å²) in [5.74, 6) is 3.89. The number of benzene rings is 1. The zero-order chi connectivity index (χ0) is 14.3. The molecule has 0 spiro atoms. The van der Waals surface area contributed by atoms with E-state index in [0.717, 1.165) is 5.56 Å². The van der Waals surface area contributed by atoms with Crippen LogP contribution in [0.15, 0.2) is 41.3 Å². The van der Waals surface area contributed by atoms with E-state index in [9.17, 15) is 13.2 Å². The minimum absolute atomic E-state index is 0.0666. The summed E-state index contributed by atoms with van der Waals surface area (Å²) < 4.78 is 29.6. The van der Waals surface area contributed by atoms with Gasteiger partial charge in [-0.3, -0.25) is 4.55 Å². The molecule has 0 radical (unpaired) electrons. The second kappa shape index (κ2) is 6.90. The van der Waals surface area contributed by atoms with E-state index in [0.29, 0.717) is 5.57 Å². The zero-order valence-corrected chi connectivity index (χ0v) is 10.9.